The SMILES string of the molecule is COc1ccc(C(O)C(=O)O)c(C(Br)C(C)=O)c1. The number of carboxylic acids is 1. The molecule has 0 saturated heterocycles. The van der Waals surface area contributed by atoms with Crippen molar-refractivity contribution < 1.29 is 24.5 Å². The van der Waals surface area contributed by atoms with Crippen molar-refractivity contribution >= 4 is 27.7 Å². The number of ketones is 1. The first-order valence-corrected chi connectivity index (χ1v) is 6.03. The van der Waals surface area contributed by atoms with Gasteiger partial charge in [-0.15, -0.1) is 0 Å². The van der Waals surface area contributed by atoms with E-state index in [0.29, 0.717) is 11.3 Å². The van der Waals surface area contributed by atoms with Gasteiger partial charge >= 0.3 is 5.97 Å². The molecule has 0 radical (unpaired) electrons. The second-order valence-corrected chi connectivity index (χ2v) is 4.62. The summed E-state index contributed by atoms with van der Waals surface area (Å²) >= 11 is 3.17. The van der Waals surface area contributed by atoms with Crippen molar-refractivity contribution in [3.05, 3.63) is 29.3 Å². The molecule has 2 atom stereocenters. The summed E-state index contributed by atoms with van der Waals surface area (Å²) in [6, 6.07) is 4.50. The van der Waals surface area contributed by atoms with E-state index in [4.69, 9.17) is 9.84 Å². The summed E-state index contributed by atoms with van der Waals surface area (Å²) in [5.41, 5.74) is 0.553. The van der Waals surface area contributed by atoms with Gasteiger partial charge in [0.1, 0.15) is 11.5 Å². The molecule has 6 heteroatoms. The lowest BCUT2D eigenvalue weighted by molar-refractivity contribution is -0.147. The highest BCUT2D eigenvalue weighted by atomic mass is 79.9. The van der Waals surface area contributed by atoms with Crippen LogP contribution in [0.15, 0.2) is 18.2 Å². The smallest absolute Gasteiger partial charge is 0.337 e. The fourth-order valence-electron chi connectivity index (χ4n) is 1.50. The van der Waals surface area contributed by atoms with Gasteiger partial charge in [-0.2, -0.15) is 0 Å². The Bertz CT molecular complexity index is 472. The molecule has 0 saturated carbocycles. The largest absolute Gasteiger partial charge is 0.497 e. The fourth-order valence-corrected chi connectivity index (χ4v) is 1.90. The van der Waals surface area contributed by atoms with E-state index in [1.54, 1.807) is 0 Å². The fraction of sp³-hybridized carbons (Fsp3) is 0.333. The molecule has 0 aliphatic carbocycles. The Labute approximate surface area is 113 Å². The molecule has 1 aromatic carbocycles. The molecule has 0 spiro atoms. The van der Waals surface area contributed by atoms with Crippen molar-refractivity contribution in [3.63, 3.8) is 0 Å². The maximum absolute atomic E-state index is 11.4. The van der Waals surface area contributed by atoms with E-state index in [9.17, 15) is 14.7 Å². The van der Waals surface area contributed by atoms with Crippen LogP contribution in [0.25, 0.3) is 0 Å². The van der Waals surface area contributed by atoms with Gasteiger partial charge in [-0.05, 0) is 30.2 Å². The molecule has 1 rings (SSSR count). The molecule has 0 aliphatic rings. The summed E-state index contributed by atoms with van der Waals surface area (Å²) in [7, 11) is 1.46. The van der Waals surface area contributed by atoms with Crippen molar-refractivity contribution in [2.45, 2.75) is 17.9 Å². The van der Waals surface area contributed by atoms with Crippen LogP contribution in [0, 0.1) is 0 Å². The van der Waals surface area contributed by atoms with Gasteiger partial charge in [-0.3, -0.25) is 4.79 Å². The predicted molar refractivity (Wildman–Crippen MR) is 67.9 cm³/mol. The van der Waals surface area contributed by atoms with Crippen LogP contribution in [-0.2, 0) is 9.59 Å². The monoisotopic (exact) mass is 316 g/mol. The second-order valence-electron chi connectivity index (χ2n) is 3.71. The minimum atomic E-state index is -1.68. The summed E-state index contributed by atoms with van der Waals surface area (Å²) in [5, 5.41) is 18.4. The molecule has 2 N–H and O–H groups in total. The molecule has 1 aromatic rings. The summed E-state index contributed by atoms with van der Waals surface area (Å²) in [4.78, 5) is 21.5. The van der Waals surface area contributed by atoms with Crippen LogP contribution in [0.1, 0.15) is 29.0 Å². The van der Waals surface area contributed by atoms with E-state index < -0.39 is 16.9 Å². The summed E-state index contributed by atoms with van der Waals surface area (Å²) in [5.74, 6) is -1.08. The summed E-state index contributed by atoms with van der Waals surface area (Å²) in [6.45, 7) is 1.37. The number of hydrogen-bond acceptors (Lipinski definition) is 4. The van der Waals surface area contributed by atoms with Crippen molar-refractivity contribution in [2.24, 2.45) is 0 Å². The van der Waals surface area contributed by atoms with Crippen LogP contribution in [-0.4, -0.2) is 29.1 Å². The predicted octanol–water partition coefficient (Wildman–Crippen LogP) is 1.84. The highest BCUT2D eigenvalue weighted by molar-refractivity contribution is 9.09. The topological polar surface area (TPSA) is 83.8 Å². The standard InChI is InChI=1S/C12H13BrO5/c1-6(14)10(13)9-5-7(18-2)3-4-8(9)11(15)12(16)17/h3-5,10-11,15H,1-2H3,(H,16,17). The van der Waals surface area contributed by atoms with Gasteiger partial charge in [-0.25, -0.2) is 4.79 Å². The molecule has 2 unspecified atom stereocenters. The Morgan fingerprint density at radius 3 is 2.39 bits per heavy atom. The molecule has 0 heterocycles. The summed E-state index contributed by atoms with van der Waals surface area (Å²) in [6.07, 6.45) is -1.68. The lowest BCUT2D eigenvalue weighted by atomic mass is 9.98. The number of benzene rings is 1. The number of aliphatic hydroxyl groups excluding tert-OH is 1. The van der Waals surface area contributed by atoms with Crippen molar-refractivity contribution in [1.82, 2.24) is 0 Å². The number of methoxy groups -OCH3 is 1. The third-order valence-corrected chi connectivity index (χ3v) is 3.59. The van der Waals surface area contributed by atoms with Crippen LogP contribution in [0.5, 0.6) is 5.75 Å². The minimum absolute atomic E-state index is 0.167. The quantitative estimate of drug-likeness (QED) is 0.810. The van der Waals surface area contributed by atoms with Gasteiger partial charge in [-0.1, -0.05) is 22.0 Å². The normalized spacial score (nSPS) is 13.8. The van der Waals surface area contributed by atoms with Crippen LogP contribution in [0.4, 0.5) is 0 Å². The van der Waals surface area contributed by atoms with Gasteiger partial charge in [0, 0.05) is 0 Å². The van der Waals surface area contributed by atoms with Crippen molar-refractivity contribution in [3.8, 4) is 5.75 Å². The first kappa shape index (κ1) is 14.7. The molecule has 0 aliphatic heterocycles. The zero-order chi connectivity index (χ0) is 13.9. The molecule has 0 aromatic heterocycles. The number of carbonyl (C=O) groups excluding carboxylic acids is 1. The zero-order valence-electron chi connectivity index (χ0n) is 9.88. The Kier molecular flexibility index (Phi) is 4.86. The minimum Gasteiger partial charge on any atom is -0.497 e. The number of halogens is 1. The number of carboxylic acid groups (broad SMARTS) is 1. The van der Waals surface area contributed by atoms with Crippen molar-refractivity contribution in [2.75, 3.05) is 7.11 Å². The van der Waals surface area contributed by atoms with E-state index >= 15 is 0 Å². The maximum atomic E-state index is 11.4. The molecule has 0 fully saturated rings. The molecule has 5 nitrogen and oxygen atoms in total. The van der Waals surface area contributed by atoms with Crippen LogP contribution in [0.3, 0.4) is 0 Å². The Balaban J connectivity index is 3.33. The van der Waals surface area contributed by atoms with Gasteiger partial charge in [0.25, 0.3) is 0 Å². The maximum Gasteiger partial charge on any atom is 0.337 e. The number of ether oxygens (including phenoxy) is 1. The van der Waals surface area contributed by atoms with Gasteiger partial charge in [0.2, 0.25) is 0 Å². The number of aliphatic hydroxyl groups is 1. The number of aliphatic carboxylic acids is 1. The second kappa shape index (κ2) is 5.97. The number of Topliss-reactive ketones (excluding diaryl/α,β-unsaturated/α-hetero) is 1. The van der Waals surface area contributed by atoms with Gasteiger partial charge < -0.3 is 14.9 Å². The highest BCUT2D eigenvalue weighted by Crippen LogP contribution is 2.33. The molecule has 0 amide bonds. The van der Waals surface area contributed by atoms with Crippen LogP contribution >= 0.6 is 15.9 Å². The van der Waals surface area contributed by atoms with Crippen LogP contribution < -0.4 is 4.74 Å². The number of alkyl halides is 1. The van der Waals surface area contributed by atoms with Gasteiger partial charge in [0.15, 0.2) is 6.10 Å². The zero-order valence-corrected chi connectivity index (χ0v) is 11.5. The van der Waals surface area contributed by atoms with E-state index in [-0.39, 0.29) is 11.3 Å². The Morgan fingerprint density at radius 1 is 1.33 bits per heavy atom. The number of hydrogen-bond donors (Lipinski definition) is 2. The molecule has 98 valence electrons. The third kappa shape index (κ3) is 3.08. The average molecular weight is 317 g/mol. The lowest BCUT2D eigenvalue weighted by Gasteiger charge is -2.16. The van der Waals surface area contributed by atoms with E-state index in [0.717, 1.165) is 0 Å². The molecule has 18 heavy (non-hydrogen) atoms. The molecule has 0 bridgehead atoms. The van der Waals surface area contributed by atoms with E-state index in [1.807, 2.05) is 0 Å². The first-order valence-electron chi connectivity index (χ1n) is 5.11. The Morgan fingerprint density at radius 2 is 1.94 bits per heavy atom. The summed E-state index contributed by atoms with van der Waals surface area (Å²) < 4.78 is 5.02. The Hall–Kier alpha value is -1.40. The average Bonchev–Trinajstić information content (AvgIpc) is 2.35. The number of rotatable bonds is 5. The van der Waals surface area contributed by atoms with E-state index in [1.165, 1.54) is 32.2 Å². The third-order valence-electron chi connectivity index (χ3n) is 2.45. The van der Waals surface area contributed by atoms with Crippen LogP contribution in [0.2, 0.25) is 0 Å². The molecular weight excluding hydrogens is 304 g/mol. The lowest BCUT2D eigenvalue weighted by Crippen LogP contribution is -2.15. The van der Waals surface area contributed by atoms with Gasteiger partial charge in [0.05, 0.1) is 11.9 Å². The first-order chi connectivity index (χ1) is 8.38. The molecular formula is C12H13BrO5. The van der Waals surface area contributed by atoms with E-state index in [2.05, 4.69) is 15.9 Å². The highest BCUT2D eigenvalue weighted by Gasteiger charge is 2.25. The number of carbonyl (C=O) groups is 2. The van der Waals surface area contributed by atoms with Crippen molar-refractivity contribution in [1.29, 1.82) is 0 Å².